The molecule has 0 spiro atoms. The second-order valence-electron chi connectivity index (χ2n) is 6.95. The molecule has 0 N–H and O–H groups in total. The molecule has 0 heterocycles. The first kappa shape index (κ1) is 25.1. The molecule has 0 bridgehead atoms. The Morgan fingerprint density at radius 1 is 0.560 bits per heavy atom. The Kier molecular flexibility index (Phi) is 19.0. The van der Waals surface area contributed by atoms with Crippen LogP contribution in [0, 0.1) is 0 Å². The summed E-state index contributed by atoms with van der Waals surface area (Å²) in [7, 11) is -0.581. The van der Waals surface area contributed by atoms with Gasteiger partial charge in [-0.1, -0.05) is 103 Å². The fourth-order valence-electron chi connectivity index (χ4n) is 3.01. The van der Waals surface area contributed by atoms with Crippen LogP contribution in [0.5, 0.6) is 0 Å². The Morgan fingerprint density at radius 2 is 0.880 bits per heavy atom. The molecule has 0 saturated carbocycles. The van der Waals surface area contributed by atoms with Crippen molar-refractivity contribution in [3.63, 3.8) is 0 Å². The molecule has 0 aliphatic rings. The van der Waals surface area contributed by atoms with E-state index < -0.39 is 7.82 Å². The van der Waals surface area contributed by atoms with Crippen molar-refractivity contribution in [2.24, 2.45) is 0 Å². The van der Waals surface area contributed by atoms with Gasteiger partial charge in [-0.15, -0.1) is 0 Å². The topological polar surface area (TPSA) is 44.8 Å². The molecule has 0 fully saturated rings. The van der Waals surface area contributed by atoms with Crippen LogP contribution in [0.15, 0.2) is 0 Å². The zero-order valence-corrected chi connectivity index (χ0v) is 18.0. The van der Waals surface area contributed by atoms with Gasteiger partial charge in [-0.2, -0.15) is 0 Å². The van der Waals surface area contributed by atoms with Gasteiger partial charge in [0.15, 0.2) is 0 Å². The Labute approximate surface area is 157 Å². The molecule has 0 amide bonds. The quantitative estimate of drug-likeness (QED) is 0.161. The molecule has 0 rings (SSSR count). The summed E-state index contributed by atoms with van der Waals surface area (Å²) >= 11 is 0. The Morgan fingerprint density at radius 3 is 1.20 bits per heavy atom. The zero-order chi connectivity index (χ0) is 18.6. The number of unbranched alkanes of at least 4 members (excludes halogenated alkanes) is 15. The fourth-order valence-corrected chi connectivity index (χ4v) is 3.72. The van der Waals surface area contributed by atoms with Gasteiger partial charge in [0.1, 0.15) is 0 Å². The number of phosphoric acid groups is 1. The van der Waals surface area contributed by atoms with Crippen LogP contribution in [0.1, 0.15) is 110 Å². The summed E-state index contributed by atoms with van der Waals surface area (Å²) in [6, 6.07) is 0. The maximum Gasteiger partial charge on any atom is 0.474 e. The van der Waals surface area contributed by atoms with Crippen molar-refractivity contribution in [3.8, 4) is 0 Å². The monoisotopic (exact) mass is 378 g/mol. The molecule has 152 valence electrons. The van der Waals surface area contributed by atoms with Crippen LogP contribution in [0.4, 0.5) is 0 Å². The number of rotatable bonds is 20. The molecule has 0 saturated heterocycles. The Hall–Kier alpha value is 0.110. The van der Waals surface area contributed by atoms with Gasteiger partial charge in [-0.25, -0.2) is 4.57 Å². The molecule has 0 radical (unpaired) electrons. The lowest BCUT2D eigenvalue weighted by Gasteiger charge is -2.12. The van der Waals surface area contributed by atoms with E-state index in [9.17, 15) is 4.57 Å². The highest BCUT2D eigenvalue weighted by atomic mass is 31.2. The van der Waals surface area contributed by atoms with Crippen LogP contribution in [0.25, 0.3) is 0 Å². The standard InChI is InChI=1S/C20H43O4P/c1-4-5-6-7-8-9-10-11-12-13-14-15-16-17-18-19-20-24-25(21,22-2)23-3/h4-20H2,1-3H3. The van der Waals surface area contributed by atoms with Gasteiger partial charge in [0.05, 0.1) is 6.61 Å². The normalized spacial score (nSPS) is 12.0. The average Bonchev–Trinajstić information content (AvgIpc) is 2.64. The molecule has 25 heavy (non-hydrogen) atoms. The van der Waals surface area contributed by atoms with Crippen molar-refractivity contribution in [1.82, 2.24) is 0 Å². The highest BCUT2D eigenvalue weighted by Gasteiger charge is 2.21. The van der Waals surface area contributed by atoms with Gasteiger partial charge in [0, 0.05) is 14.2 Å². The predicted molar refractivity (Wildman–Crippen MR) is 107 cm³/mol. The third-order valence-corrected chi connectivity index (χ3v) is 6.09. The van der Waals surface area contributed by atoms with Gasteiger partial charge in [-0.05, 0) is 6.42 Å². The van der Waals surface area contributed by atoms with Crippen LogP contribution in [0.2, 0.25) is 0 Å². The SMILES string of the molecule is CCCCCCCCCCCCCCCCCCOP(=O)(OC)OC. The number of phosphoric ester groups is 1. The van der Waals surface area contributed by atoms with Crippen molar-refractivity contribution < 1.29 is 18.1 Å². The molecule has 0 atom stereocenters. The second-order valence-corrected chi connectivity index (χ2v) is 8.83. The molecule has 4 nitrogen and oxygen atoms in total. The highest BCUT2D eigenvalue weighted by Crippen LogP contribution is 2.47. The van der Waals surface area contributed by atoms with E-state index in [0.717, 1.165) is 12.8 Å². The van der Waals surface area contributed by atoms with Crippen molar-refractivity contribution in [3.05, 3.63) is 0 Å². The lowest BCUT2D eigenvalue weighted by atomic mass is 10.0. The lowest BCUT2D eigenvalue weighted by Crippen LogP contribution is -1.97. The van der Waals surface area contributed by atoms with Crippen LogP contribution >= 0.6 is 7.82 Å². The lowest BCUT2D eigenvalue weighted by molar-refractivity contribution is 0.150. The minimum Gasteiger partial charge on any atom is -0.290 e. The first-order valence-electron chi connectivity index (χ1n) is 10.5. The number of hydrogen-bond acceptors (Lipinski definition) is 4. The number of hydrogen-bond donors (Lipinski definition) is 0. The summed E-state index contributed by atoms with van der Waals surface area (Å²) < 4.78 is 26.3. The van der Waals surface area contributed by atoms with Crippen LogP contribution in [0.3, 0.4) is 0 Å². The van der Waals surface area contributed by atoms with E-state index >= 15 is 0 Å². The largest absolute Gasteiger partial charge is 0.474 e. The van der Waals surface area contributed by atoms with E-state index in [1.807, 2.05) is 0 Å². The summed E-state index contributed by atoms with van der Waals surface area (Å²) in [5.41, 5.74) is 0. The van der Waals surface area contributed by atoms with Crippen molar-refractivity contribution in [2.75, 3.05) is 20.8 Å². The summed E-state index contributed by atoms with van der Waals surface area (Å²) in [4.78, 5) is 0. The molecule has 0 aliphatic heterocycles. The van der Waals surface area contributed by atoms with Crippen LogP contribution in [-0.4, -0.2) is 20.8 Å². The van der Waals surface area contributed by atoms with Crippen molar-refractivity contribution >= 4 is 7.82 Å². The third kappa shape index (κ3) is 17.3. The summed E-state index contributed by atoms with van der Waals surface area (Å²) in [5.74, 6) is 0. The van der Waals surface area contributed by atoms with Crippen LogP contribution in [-0.2, 0) is 18.1 Å². The zero-order valence-electron chi connectivity index (χ0n) is 17.1. The fraction of sp³-hybridized carbons (Fsp3) is 1.00. The van der Waals surface area contributed by atoms with Gasteiger partial charge in [0.25, 0.3) is 0 Å². The van der Waals surface area contributed by atoms with Gasteiger partial charge in [-0.3, -0.25) is 13.6 Å². The first-order valence-corrected chi connectivity index (χ1v) is 12.0. The minimum absolute atomic E-state index is 0.442. The molecule has 0 aromatic rings. The van der Waals surface area contributed by atoms with E-state index in [-0.39, 0.29) is 0 Å². The molecule has 5 heteroatoms. The van der Waals surface area contributed by atoms with Crippen LogP contribution < -0.4 is 0 Å². The smallest absolute Gasteiger partial charge is 0.290 e. The van der Waals surface area contributed by atoms with Crippen molar-refractivity contribution in [2.45, 2.75) is 110 Å². The van der Waals surface area contributed by atoms with E-state index in [2.05, 4.69) is 6.92 Å². The van der Waals surface area contributed by atoms with E-state index in [1.54, 1.807) is 0 Å². The molecule has 0 aromatic carbocycles. The molecule has 0 aromatic heterocycles. The van der Waals surface area contributed by atoms with Gasteiger partial charge in [0.2, 0.25) is 0 Å². The third-order valence-electron chi connectivity index (χ3n) is 4.69. The summed E-state index contributed by atoms with van der Waals surface area (Å²) in [6.45, 7) is 2.72. The molecular formula is C20H43O4P. The van der Waals surface area contributed by atoms with Gasteiger partial charge >= 0.3 is 7.82 Å². The maximum atomic E-state index is 11.6. The minimum atomic E-state index is -3.27. The Bertz CT molecular complexity index is 302. The Balaban J connectivity index is 3.13. The average molecular weight is 379 g/mol. The predicted octanol–water partition coefficient (Wildman–Crippen LogP) is 7.67. The summed E-state index contributed by atoms with van der Waals surface area (Å²) in [6.07, 6.45) is 21.4. The second kappa shape index (κ2) is 18.9. The molecular weight excluding hydrogens is 335 g/mol. The first-order chi connectivity index (χ1) is 12.2. The van der Waals surface area contributed by atoms with E-state index in [0.29, 0.717) is 6.61 Å². The molecule has 0 unspecified atom stereocenters. The van der Waals surface area contributed by atoms with E-state index in [4.69, 9.17) is 13.6 Å². The van der Waals surface area contributed by atoms with E-state index in [1.165, 1.54) is 104 Å². The summed E-state index contributed by atoms with van der Waals surface area (Å²) in [5, 5.41) is 0. The highest BCUT2D eigenvalue weighted by molar-refractivity contribution is 7.48. The molecule has 0 aliphatic carbocycles. The maximum absolute atomic E-state index is 11.6. The van der Waals surface area contributed by atoms with Gasteiger partial charge < -0.3 is 0 Å². The van der Waals surface area contributed by atoms with Crippen molar-refractivity contribution in [1.29, 1.82) is 0 Å².